The molecular formula is C74H50IrN2-2. The zero-order chi connectivity index (χ0) is 50.9. The van der Waals surface area contributed by atoms with Crippen LogP contribution in [0.5, 0.6) is 0 Å². The molecule has 2 nitrogen and oxygen atoms in total. The normalized spacial score (nSPS) is 10.8. The number of nitrogens with zero attached hydrogens (tertiary/aromatic N) is 2. The number of benzene rings is 11. The topological polar surface area (TPSA) is 25.8 Å². The van der Waals surface area contributed by atoms with Crippen molar-refractivity contribution in [1.29, 1.82) is 0 Å². The molecule has 3 heteroatoms. The molecule has 367 valence electrons. The van der Waals surface area contributed by atoms with E-state index in [-0.39, 0.29) is 20.1 Å². The first kappa shape index (κ1) is 49.8. The van der Waals surface area contributed by atoms with Crippen molar-refractivity contribution in [2.24, 2.45) is 0 Å². The zero-order valence-corrected chi connectivity index (χ0v) is 44.5. The van der Waals surface area contributed by atoms with E-state index in [2.05, 4.69) is 247 Å². The Morgan fingerprint density at radius 2 is 0.623 bits per heavy atom. The van der Waals surface area contributed by atoms with Crippen molar-refractivity contribution < 1.29 is 20.1 Å². The number of pyridine rings is 2. The van der Waals surface area contributed by atoms with Crippen molar-refractivity contribution in [2.45, 2.75) is 0 Å². The van der Waals surface area contributed by atoms with Crippen LogP contribution in [0.1, 0.15) is 0 Å². The smallest absolute Gasteiger partial charge is 0.0167 e. The minimum Gasteiger partial charge on any atom is -0.305 e. The van der Waals surface area contributed by atoms with E-state index in [1.54, 1.807) is 0 Å². The van der Waals surface area contributed by atoms with Gasteiger partial charge in [-0.25, -0.2) is 0 Å². The molecule has 0 N–H and O–H groups in total. The van der Waals surface area contributed by atoms with Crippen molar-refractivity contribution >= 4 is 10.8 Å². The van der Waals surface area contributed by atoms with Crippen LogP contribution >= 0.6 is 0 Å². The van der Waals surface area contributed by atoms with Crippen LogP contribution in [-0.4, -0.2) is 9.97 Å². The van der Waals surface area contributed by atoms with Crippen LogP contribution in [-0.2, 0) is 20.1 Å². The molecule has 11 aromatic carbocycles. The van der Waals surface area contributed by atoms with Gasteiger partial charge < -0.3 is 9.97 Å². The van der Waals surface area contributed by atoms with E-state index in [9.17, 15) is 0 Å². The molecule has 0 atom stereocenters. The summed E-state index contributed by atoms with van der Waals surface area (Å²) >= 11 is 0. The van der Waals surface area contributed by atoms with E-state index in [4.69, 9.17) is 0 Å². The van der Waals surface area contributed by atoms with Crippen LogP contribution in [0.25, 0.3) is 122 Å². The fraction of sp³-hybridized carbons (Fsp3) is 0. The first-order valence-electron chi connectivity index (χ1n) is 25.7. The van der Waals surface area contributed by atoms with Crippen molar-refractivity contribution in [3.8, 4) is 112 Å². The van der Waals surface area contributed by atoms with Gasteiger partial charge in [0.25, 0.3) is 0 Å². The van der Waals surface area contributed by atoms with Gasteiger partial charge in [-0.1, -0.05) is 176 Å². The second-order valence-electron chi connectivity index (χ2n) is 18.8. The number of rotatable bonds is 10. The third-order valence-electron chi connectivity index (χ3n) is 13.8. The summed E-state index contributed by atoms with van der Waals surface area (Å²) in [6.07, 6.45) is 3.68. The molecule has 0 spiro atoms. The molecule has 77 heavy (non-hydrogen) atoms. The van der Waals surface area contributed by atoms with Gasteiger partial charge in [0.2, 0.25) is 0 Å². The molecular weight excluding hydrogens is 1110 g/mol. The SMILES string of the molecule is [Ir].[c-]1ccc(-c2cccc(-c3cc(-c4cc(-c5ccccc5)cc(-c5ccccc5)c4)cc(-c4cc(-c5ccccc5)cc(-c5ccccc5)c4)c3)c2)cc1-c1ccccn1.[c-]1ccccc1-c1nccc2ccccc12. The van der Waals surface area contributed by atoms with Crippen LogP contribution in [0.4, 0.5) is 0 Å². The summed E-state index contributed by atoms with van der Waals surface area (Å²) in [6, 6.07) is 110. The van der Waals surface area contributed by atoms with Crippen molar-refractivity contribution in [2.75, 3.05) is 0 Å². The van der Waals surface area contributed by atoms with Gasteiger partial charge in [0, 0.05) is 32.5 Å². The van der Waals surface area contributed by atoms with Gasteiger partial charge in [-0.05, 0) is 178 Å². The molecule has 0 fully saturated rings. The maximum atomic E-state index is 4.60. The van der Waals surface area contributed by atoms with Gasteiger partial charge in [0.1, 0.15) is 0 Å². The minimum absolute atomic E-state index is 0. The van der Waals surface area contributed by atoms with E-state index in [1.165, 1.54) is 55.3 Å². The predicted octanol–water partition coefficient (Wildman–Crippen LogP) is 19.6. The summed E-state index contributed by atoms with van der Waals surface area (Å²) in [4.78, 5) is 9.04. The summed E-state index contributed by atoms with van der Waals surface area (Å²) in [5.74, 6) is 0. The van der Waals surface area contributed by atoms with E-state index < -0.39 is 0 Å². The Bertz CT molecular complexity index is 3810. The summed E-state index contributed by atoms with van der Waals surface area (Å²) < 4.78 is 0. The minimum atomic E-state index is 0. The maximum absolute atomic E-state index is 4.60. The number of hydrogen-bond acceptors (Lipinski definition) is 2. The first-order valence-corrected chi connectivity index (χ1v) is 25.7. The molecule has 0 aliphatic heterocycles. The van der Waals surface area contributed by atoms with E-state index in [0.717, 1.165) is 67.0 Å². The fourth-order valence-electron chi connectivity index (χ4n) is 9.97. The van der Waals surface area contributed by atoms with Crippen LogP contribution in [0, 0.1) is 12.1 Å². The van der Waals surface area contributed by atoms with E-state index >= 15 is 0 Å². The van der Waals surface area contributed by atoms with Crippen LogP contribution in [0.15, 0.2) is 304 Å². The molecule has 0 saturated heterocycles. The Balaban J connectivity index is 0.000000316. The fourth-order valence-corrected chi connectivity index (χ4v) is 9.97. The average molecular weight is 1160 g/mol. The van der Waals surface area contributed by atoms with Crippen LogP contribution < -0.4 is 0 Å². The molecule has 1 radical (unpaired) electrons. The van der Waals surface area contributed by atoms with Gasteiger partial charge >= 0.3 is 0 Å². The summed E-state index contributed by atoms with van der Waals surface area (Å²) in [7, 11) is 0. The summed E-state index contributed by atoms with van der Waals surface area (Å²) in [5, 5.41) is 2.39. The Kier molecular flexibility index (Phi) is 15.2. The number of aromatic nitrogens is 2. The number of fused-ring (bicyclic) bond motifs is 1. The first-order chi connectivity index (χ1) is 37.6. The maximum Gasteiger partial charge on any atom is 0.0167 e. The van der Waals surface area contributed by atoms with Gasteiger partial charge in [-0.15, -0.1) is 71.3 Å². The molecule has 0 aliphatic rings. The predicted molar refractivity (Wildman–Crippen MR) is 318 cm³/mol. The molecule has 0 unspecified atom stereocenters. The van der Waals surface area contributed by atoms with Gasteiger partial charge in [0.05, 0.1) is 0 Å². The molecule has 0 bridgehead atoms. The molecule has 13 rings (SSSR count). The Hall–Kier alpha value is -9.37. The van der Waals surface area contributed by atoms with Gasteiger partial charge in [0.15, 0.2) is 0 Å². The van der Waals surface area contributed by atoms with E-state index in [0.29, 0.717) is 0 Å². The van der Waals surface area contributed by atoms with Gasteiger partial charge in [-0.2, -0.15) is 0 Å². The van der Waals surface area contributed by atoms with E-state index in [1.807, 2.05) is 79.1 Å². The molecule has 0 aliphatic carbocycles. The second kappa shape index (κ2) is 23.4. The molecule has 2 aromatic heterocycles. The largest absolute Gasteiger partial charge is 0.305 e. The number of hydrogen-bond donors (Lipinski definition) is 0. The second-order valence-corrected chi connectivity index (χ2v) is 18.8. The molecule has 2 heterocycles. The zero-order valence-electron chi connectivity index (χ0n) is 42.1. The molecule has 13 aromatic rings. The standard InChI is InChI=1S/C59H40N.C15H10N.Ir/c1-5-17-42(18-6-1)50-33-51(43-19-7-2-8-20-43)36-55(35-50)57-39-54(48-27-15-25-46(31-48)47-26-16-28-49(32-47)59-29-13-14-30-60-59)40-58(41-57)56-37-52(44-21-9-3-10-22-44)34-53(38-56)45-23-11-4-12-24-45;1-2-7-13(8-3-1)15-14-9-5-4-6-12(14)10-11-16-15;/h1-27,29-41H;1-7,9-11H;/q2*-1;. The molecule has 0 saturated carbocycles. The quantitative estimate of drug-likeness (QED) is 0.128. The summed E-state index contributed by atoms with van der Waals surface area (Å²) in [5.41, 5.74) is 22.6. The van der Waals surface area contributed by atoms with Crippen LogP contribution in [0.2, 0.25) is 0 Å². The van der Waals surface area contributed by atoms with Gasteiger partial charge in [-0.3, -0.25) is 0 Å². The molecule has 0 amide bonds. The third kappa shape index (κ3) is 11.5. The van der Waals surface area contributed by atoms with Crippen LogP contribution in [0.3, 0.4) is 0 Å². The Morgan fingerprint density at radius 3 is 1.10 bits per heavy atom. The summed E-state index contributed by atoms with van der Waals surface area (Å²) in [6.45, 7) is 0. The monoisotopic (exact) mass is 1160 g/mol. The Morgan fingerprint density at radius 1 is 0.234 bits per heavy atom. The van der Waals surface area contributed by atoms with Crippen molar-refractivity contribution in [1.82, 2.24) is 9.97 Å². The van der Waals surface area contributed by atoms with Crippen molar-refractivity contribution in [3.05, 3.63) is 316 Å². The average Bonchev–Trinajstić information content (AvgIpc) is 3.53. The van der Waals surface area contributed by atoms with Crippen molar-refractivity contribution in [3.63, 3.8) is 0 Å². The third-order valence-corrected chi connectivity index (χ3v) is 13.8. The Labute approximate surface area is 465 Å².